The van der Waals surface area contributed by atoms with Gasteiger partial charge in [-0.1, -0.05) is 68.3 Å². The van der Waals surface area contributed by atoms with Crippen molar-refractivity contribution in [1.82, 2.24) is 4.68 Å². The summed E-state index contributed by atoms with van der Waals surface area (Å²) in [5, 5.41) is 0. The first-order chi connectivity index (χ1) is 13.5. The molecule has 0 bridgehead atoms. The molecule has 2 aliphatic rings. The number of hydrogen-bond donors (Lipinski definition) is 0. The molecule has 0 saturated carbocycles. The van der Waals surface area contributed by atoms with Gasteiger partial charge in [0.15, 0.2) is 0 Å². The van der Waals surface area contributed by atoms with Crippen LogP contribution < -0.4 is 4.68 Å². The summed E-state index contributed by atoms with van der Waals surface area (Å²) in [6.45, 7) is 9.49. The number of rotatable bonds is 5. The molecule has 3 heterocycles. The third kappa shape index (κ3) is 2.18. The molecule has 2 aliphatic heterocycles. The van der Waals surface area contributed by atoms with Gasteiger partial charge < -0.3 is 0 Å². The topological polar surface area (TPSA) is 8.81 Å². The van der Waals surface area contributed by atoms with E-state index in [-0.39, 0.29) is 11.0 Å². The molecule has 2 nitrogen and oxygen atoms in total. The van der Waals surface area contributed by atoms with E-state index in [1.54, 1.807) is 0 Å². The minimum Gasteiger partial charge on any atom is -0.145 e. The Morgan fingerprint density at radius 1 is 0.964 bits per heavy atom. The molecule has 144 valence electrons. The van der Waals surface area contributed by atoms with Crippen LogP contribution in [0.3, 0.4) is 0 Å². The molecule has 0 spiro atoms. The Balaban J connectivity index is 1.60. The Morgan fingerprint density at radius 3 is 2.43 bits per heavy atom. The highest BCUT2D eigenvalue weighted by atomic mass is 15.5. The number of nitrogens with zero attached hydrogens (tertiary/aromatic N) is 2. The van der Waals surface area contributed by atoms with E-state index in [4.69, 9.17) is 0 Å². The van der Waals surface area contributed by atoms with Crippen LogP contribution in [0, 0.1) is 0 Å². The zero-order chi connectivity index (χ0) is 19.5. The summed E-state index contributed by atoms with van der Waals surface area (Å²) < 4.78 is 4.93. The summed E-state index contributed by atoms with van der Waals surface area (Å²) >= 11 is 0. The van der Waals surface area contributed by atoms with Crippen LogP contribution in [-0.2, 0) is 23.8 Å². The Kier molecular flexibility index (Phi) is 3.84. The lowest BCUT2D eigenvalue weighted by Gasteiger charge is -2.53. The first-order valence-electron chi connectivity index (χ1n) is 10.9. The molecule has 2 atom stereocenters. The second kappa shape index (κ2) is 6.07. The molecule has 2 aromatic carbocycles. The second-order valence-electron chi connectivity index (χ2n) is 9.13. The first kappa shape index (κ1) is 17.7. The molecule has 0 N–H and O–H groups in total. The van der Waals surface area contributed by atoms with E-state index in [2.05, 4.69) is 91.8 Å². The highest BCUT2D eigenvalue weighted by molar-refractivity contribution is 5.67. The van der Waals surface area contributed by atoms with Gasteiger partial charge in [-0.25, -0.2) is 0 Å². The van der Waals surface area contributed by atoms with Crippen LogP contribution in [0.5, 0.6) is 0 Å². The van der Waals surface area contributed by atoms with Crippen molar-refractivity contribution in [3.63, 3.8) is 0 Å². The molecule has 0 radical (unpaired) electrons. The largest absolute Gasteiger partial charge is 0.240 e. The van der Waals surface area contributed by atoms with Gasteiger partial charge >= 0.3 is 0 Å². The molecular formula is C26H31N2+. The molecule has 5 rings (SSSR count). The Labute approximate surface area is 168 Å². The van der Waals surface area contributed by atoms with Crippen molar-refractivity contribution in [3.05, 3.63) is 71.5 Å². The van der Waals surface area contributed by atoms with E-state index < -0.39 is 0 Å². The van der Waals surface area contributed by atoms with Gasteiger partial charge in [0.05, 0.1) is 5.69 Å². The number of aryl methyl sites for hydroxylation is 1. The van der Waals surface area contributed by atoms with Crippen LogP contribution in [0.4, 0.5) is 0 Å². The standard InChI is InChI=1S/C26H31N2/c1-5-7-8-19-9-11-20(12-10-19)21-13-14-23-24(17-21)27-16-15-22-18-26(4,28(22)27)25(23,3)6-2/h9-17H,5-8,18H2,1-4H3/q+1. The molecule has 0 saturated heterocycles. The van der Waals surface area contributed by atoms with Crippen molar-refractivity contribution in [2.24, 2.45) is 0 Å². The van der Waals surface area contributed by atoms with E-state index >= 15 is 0 Å². The van der Waals surface area contributed by atoms with Crippen molar-refractivity contribution in [2.45, 2.75) is 70.8 Å². The molecule has 0 amide bonds. The summed E-state index contributed by atoms with van der Waals surface area (Å²) in [6.07, 6.45) is 8.28. The predicted octanol–water partition coefficient (Wildman–Crippen LogP) is 5.73. The summed E-state index contributed by atoms with van der Waals surface area (Å²) in [6, 6.07) is 18.6. The van der Waals surface area contributed by atoms with E-state index in [0.717, 1.165) is 6.42 Å². The van der Waals surface area contributed by atoms with E-state index in [9.17, 15) is 0 Å². The minimum absolute atomic E-state index is 0.164. The third-order valence-electron chi connectivity index (χ3n) is 7.73. The summed E-state index contributed by atoms with van der Waals surface area (Å²) in [5.74, 6) is 0. The van der Waals surface area contributed by atoms with E-state index in [1.165, 1.54) is 59.3 Å². The first-order valence-corrected chi connectivity index (χ1v) is 10.9. The predicted molar refractivity (Wildman–Crippen MR) is 115 cm³/mol. The van der Waals surface area contributed by atoms with Crippen LogP contribution in [0.25, 0.3) is 16.8 Å². The highest BCUT2D eigenvalue weighted by Gasteiger charge is 2.61. The third-order valence-corrected chi connectivity index (χ3v) is 7.73. The van der Waals surface area contributed by atoms with Crippen molar-refractivity contribution in [1.29, 1.82) is 0 Å². The minimum atomic E-state index is 0.164. The molecule has 2 heteroatoms. The number of benzene rings is 2. The molecule has 0 aliphatic carbocycles. The Morgan fingerprint density at radius 2 is 1.71 bits per heavy atom. The van der Waals surface area contributed by atoms with Gasteiger partial charge in [-0.15, -0.1) is 4.68 Å². The zero-order valence-electron chi connectivity index (χ0n) is 17.6. The number of fused-ring (bicyclic) bond motifs is 2. The fourth-order valence-corrected chi connectivity index (χ4v) is 5.55. The maximum absolute atomic E-state index is 2.54. The molecule has 1 aromatic heterocycles. The lowest BCUT2D eigenvalue weighted by molar-refractivity contribution is -0.707. The van der Waals surface area contributed by atoms with Gasteiger partial charge in [0.2, 0.25) is 11.9 Å². The van der Waals surface area contributed by atoms with Gasteiger partial charge in [0.25, 0.3) is 0 Å². The monoisotopic (exact) mass is 371 g/mol. The van der Waals surface area contributed by atoms with Gasteiger partial charge in [-0.2, -0.15) is 0 Å². The molecular weight excluding hydrogens is 340 g/mol. The smallest absolute Gasteiger partial charge is 0.145 e. The molecule has 0 fully saturated rings. The normalized spacial score (nSPS) is 24.4. The number of hydrogen-bond acceptors (Lipinski definition) is 0. The lowest BCUT2D eigenvalue weighted by Crippen LogP contribution is -2.69. The Bertz CT molecular complexity index is 1040. The zero-order valence-corrected chi connectivity index (χ0v) is 17.6. The fraction of sp³-hybridized carbons (Fsp3) is 0.423. The van der Waals surface area contributed by atoms with Gasteiger partial charge in [0, 0.05) is 29.5 Å². The SMILES string of the molecule is CCCCc1ccc(-c2ccc3c(c2)-[n+]2ccc4n2C(C)(C4)C3(C)CC)cc1. The number of unbranched alkanes of at least 4 members (excludes halogenated alkanes) is 1. The maximum Gasteiger partial charge on any atom is 0.240 e. The van der Waals surface area contributed by atoms with Crippen molar-refractivity contribution in [3.8, 4) is 16.8 Å². The van der Waals surface area contributed by atoms with Crippen LogP contribution in [0.15, 0.2) is 54.7 Å². The van der Waals surface area contributed by atoms with Crippen molar-refractivity contribution < 1.29 is 4.68 Å². The van der Waals surface area contributed by atoms with Crippen LogP contribution in [-0.4, -0.2) is 4.68 Å². The van der Waals surface area contributed by atoms with Crippen molar-refractivity contribution >= 4 is 0 Å². The molecule has 3 aromatic rings. The van der Waals surface area contributed by atoms with Crippen LogP contribution in [0.1, 0.15) is 63.8 Å². The summed E-state index contributed by atoms with van der Waals surface area (Å²) in [4.78, 5) is 0. The molecule has 28 heavy (non-hydrogen) atoms. The van der Waals surface area contributed by atoms with E-state index in [1.807, 2.05) is 0 Å². The van der Waals surface area contributed by atoms with Crippen LogP contribution >= 0.6 is 0 Å². The highest BCUT2D eigenvalue weighted by Crippen LogP contribution is 2.53. The fourth-order valence-electron chi connectivity index (χ4n) is 5.55. The van der Waals surface area contributed by atoms with E-state index in [0.29, 0.717) is 0 Å². The van der Waals surface area contributed by atoms with Gasteiger partial charge in [-0.3, -0.25) is 0 Å². The van der Waals surface area contributed by atoms with Gasteiger partial charge in [0.1, 0.15) is 5.54 Å². The quantitative estimate of drug-likeness (QED) is 0.507. The molecule has 2 unspecified atom stereocenters. The maximum atomic E-state index is 2.54. The number of aromatic nitrogens is 2. The lowest BCUT2D eigenvalue weighted by atomic mass is 9.60. The van der Waals surface area contributed by atoms with Crippen molar-refractivity contribution in [2.75, 3.05) is 0 Å². The average molecular weight is 372 g/mol. The Hall–Kier alpha value is -2.35. The van der Waals surface area contributed by atoms with Gasteiger partial charge in [-0.05, 0) is 42.9 Å². The second-order valence-corrected chi connectivity index (χ2v) is 9.13. The average Bonchev–Trinajstić information content (AvgIpc) is 3.10. The summed E-state index contributed by atoms with van der Waals surface area (Å²) in [7, 11) is 0. The summed E-state index contributed by atoms with van der Waals surface area (Å²) in [5.41, 5.74) is 8.70. The van der Waals surface area contributed by atoms with Crippen LogP contribution in [0.2, 0.25) is 0 Å².